The second-order valence-corrected chi connectivity index (χ2v) is 10.7. The normalized spacial score (nSPS) is 15.9. The van der Waals surface area contributed by atoms with Gasteiger partial charge in [0.05, 0.1) is 32.6 Å². The highest BCUT2D eigenvalue weighted by molar-refractivity contribution is 14.1. The lowest BCUT2D eigenvalue weighted by Crippen LogP contribution is -2.38. The van der Waals surface area contributed by atoms with Crippen molar-refractivity contribution >= 4 is 56.8 Å². The van der Waals surface area contributed by atoms with Crippen molar-refractivity contribution < 1.29 is 19.0 Å². The van der Waals surface area contributed by atoms with Crippen LogP contribution in [-0.4, -0.2) is 62.4 Å². The average Bonchev–Trinajstić information content (AvgIpc) is 3.22. The van der Waals surface area contributed by atoms with Gasteiger partial charge in [-0.15, -0.1) is 0 Å². The van der Waals surface area contributed by atoms with Gasteiger partial charge < -0.3 is 19.1 Å². The fourth-order valence-electron chi connectivity index (χ4n) is 4.27. The summed E-state index contributed by atoms with van der Waals surface area (Å²) in [7, 11) is 1.62. The van der Waals surface area contributed by atoms with Crippen molar-refractivity contribution in [1.82, 2.24) is 9.88 Å². The van der Waals surface area contributed by atoms with Crippen molar-refractivity contribution in [2.75, 3.05) is 51.5 Å². The van der Waals surface area contributed by atoms with E-state index in [1.165, 1.54) is 3.57 Å². The van der Waals surface area contributed by atoms with Crippen LogP contribution in [0.2, 0.25) is 0 Å². The van der Waals surface area contributed by atoms with E-state index in [0.29, 0.717) is 30.2 Å². The van der Waals surface area contributed by atoms with Crippen LogP contribution < -0.4 is 14.4 Å². The molecule has 3 heterocycles. The van der Waals surface area contributed by atoms with Crippen molar-refractivity contribution in [2.45, 2.75) is 6.54 Å². The molecule has 0 radical (unpaired) electrons. The third-order valence-electron chi connectivity index (χ3n) is 6.23. The number of hydrogen-bond acceptors (Lipinski definition) is 6. The summed E-state index contributed by atoms with van der Waals surface area (Å²) in [6.45, 7) is 5.27. The predicted molar refractivity (Wildman–Crippen MR) is 151 cm³/mol. The Bertz CT molecular complexity index is 1250. The van der Waals surface area contributed by atoms with Crippen molar-refractivity contribution in [3.05, 3.63) is 66.9 Å². The Morgan fingerprint density at radius 1 is 1.03 bits per heavy atom. The maximum absolute atomic E-state index is 13.3. The minimum atomic E-state index is -0.0353. The van der Waals surface area contributed by atoms with Crippen molar-refractivity contribution in [3.63, 3.8) is 0 Å². The zero-order valence-electron chi connectivity index (χ0n) is 19.3. The highest BCUT2D eigenvalue weighted by Crippen LogP contribution is 2.36. The van der Waals surface area contributed by atoms with E-state index < -0.39 is 0 Å². The van der Waals surface area contributed by atoms with Gasteiger partial charge in [0.25, 0.3) is 5.91 Å². The summed E-state index contributed by atoms with van der Waals surface area (Å²) in [5, 5.41) is 0. The number of nitrogens with zero attached hydrogens (tertiary/aromatic N) is 3. The maximum Gasteiger partial charge on any atom is 0.259 e. The summed E-state index contributed by atoms with van der Waals surface area (Å²) in [6, 6.07) is 13.8. The molecular formula is C26H25I2N3O4. The summed E-state index contributed by atoms with van der Waals surface area (Å²) < 4.78 is 19.3. The fraction of sp³-hybridized carbons (Fsp3) is 0.308. The highest BCUT2D eigenvalue weighted by atomic mass is 127. The molecule has 2 aromatic carbocycles. The molecule has 2 aliphatic heterocycles. The minimum Gasteiger partial charge on any atom is -0.493 e. The lowest BCUT2D eigenvalue weighted by Gasteiger charge is -2.26. The van der Waals surface area contributed by atoms with Crippen LogP contribution in [0, 0.1) is 7.14 Å². The van der Waals surface area contributed by atoms with Crippen LogP contribution in [0.1, 0.15) is 15.9 Å². The van der Waals surface area contributed by atoms with Crippen LogP contribution in [0.15, 0.2) is 48.7 Å². The number of carbonyl (C=O) groups excluding carboxylic acids is 1. The monoisotopic (exact) mass is 697 g/mol. The van der Waals surface area contributed by atoms with Gasteiger partial charge >= 0.3 is 0 Å². The molecule has 1 saturated heterocycles. The van der Waals surface area contributed by atoms with Gasteiger partial charge in [-0.25, -0.2) is 0 Å². The topological polar surface area (TPSA) is 64.1 Å². The molecule has 35 heavy (non-hydrogen) atoms. The Morgan fingerprint density at radius 3 is 2.63 bits per heavy atom. The number of pyridine rings is 1. The van der Waals surface area contributed by atoms with Gasteiger partial charge in [-0.3, -0.25) is 14.7 Å². The van der Waals surface area contributed by atoms with E-state index in [0.717, 1.165) is 58.9 Å². The number of ether oxygens (including phenoxy) is 3. The van der Waals surface area contributed by atoms with E-state index in [1.54, 1.807) is 12.0 Å². The second kappa shape index (κ2) is 11.0. The van der Waals surface area contributed by atoms with Crippen LogP contribution in [0.4, 0.5) is 5.69 Å². The summed E-state index contributed by atoms with van der Waals surface area (Å²) >= 11 is 4.63. The zero-order chi connectivity index (χ0) is 24.4. The minimum absolute atomic E-state index is 0.0353. The van der Waals surface area contributed by atoms with Crippen LogP contribution in [0.5, 0.6) is 11.5 Å². The van der Waals surface area contributed by atoms with E-state index in [-0.39, 0.29) is 5.91 Å². The molecule has 7 nitrogen and oxygen atoms in total. The van der Waals surface area contributed by atoms with Crippen LogP contribution >= 0.6 is 45.2 Å². The molecule has 0 N–H and O–H groups in total. The van der Waals surface area contributed by atoms with Gasteiger partial charge in [0.2, 0.25) is 0 Å². The Labute approximate surface area is 232 Å². The first-order valence-corrected chi connectivity index (χ1v) is 13.6. The molecule has 0 bridgehead atoms. The number of aromatic nitrogens is 1. The van der Waals surface area contributed by atoms with Crippen LogP contribution in [0.3, 0.4) is 0 Å². The van der Waals surface area contributed by atoms with Crippen LogP contribution in [-0.2, 0) is 11.3 Å². The predicted octanol–water partition coefficient (Wildman–Crippen LogP) is 4.84. The summed E-state index contributed by atoms with van der Waals surface area (Å²) in [4.78, 5) is 22.1. The molecule has 182 valence electrons. The lowest BCUT2D eigenvalue weighted by molar-refractivity contribution is 0.0321. The first-order chi connectivity index (χ1) is 17.0. The van der Waals surface area contributed by atoms with Gasteiger partial charge in [-0.2, -0.15) is 0 Å². The fourth-order valence-corrected chi connectivity index (χ4v) is 5.12. The van der Waals surface area contributed by atoms with E-state index in [4.69, 9.17) is 14.2 Å². The number of hydrogen-bond donors (Lipinski definition) is 0. The quantitative estimate of drug-likeness (QED) is 0.330. The first kappa shape index (κ1) is 24.7. The Morgan fingerprint density at radius 2 is 1.86 bits per heavy atom. The third kappa shape index (κ3) is 5.42. The maximum atomic E-state index is 13.3. The van der Waals surface area contributed by atoms with Gasteiger partial charge in [-0.1, -0.05) is 6.07 Å². The number of benzene rings is 2. The van der Waals surface area contributed by atoms with Gasteiger partial charge in [0.15, 0.2) is 11.5 Å². The van der Waals surface area contributed by atoms with Gasteiger partial charge in [0.1, 0.15) is 6.61 Å². The molecule has 0 atom stereocenters. The molecule has 1 fully saturated rings. The van der Waals surface area contributed by atoms with Crippen molar-refractivity contribution in [1.29, 1.82) is 0 Å². The smallest absolute Gasteiger partial charge is 0.259 e. The highest BCUT2D eigenvalue weighted by Gasteiger charge is 2.30. The zero-order valence-corrected chi connectivity index (χ0v) is 23.6. The van der Waals surface area contributed by atoms with Crippen molar-refractivity contribution in [2.24, 2.45) is 0 Å². The van der Waals surface area contributed by atoms with E-state index >= 15 is 0 Å². The van der Waals surface area contributed by atoms with Gasteiger partial charge in [0, 0.05) is 61.4 Å². The largest absolute Gasteiger partial charge is 0.493 e. The molecule has 2 aliphatic rings. The number of morpholine rings is 1. The Kier molecular flexibility index (Phi) is 7.75. The summed E-state index contributed by atoms with van der Waals surface area (Å²) in [6.07, 6.45) is 1.81. The lowest BCUT2D eigenvalue weighted by atomic mass is 10.1. The number of amides is 1. The molecule has 3 aromatic rings. The van der Waals surface area contributed by atoms with E-state index in [9.17, 15) is 4.79 Å². The molecule has 5 rings (SSSR count). The molecule has 0 spiro atoms. The SMILES string of the molecule is COc1cc(N2Cc3cnc(-c4ccc(I)c(I)c4)cc3C2=O)ccc1OCCN1CCOCC1. The molecule has 0 aliphatic carbocycles. The van der Waals surface area contributed by atoms with Gasteiger partial charge in [-0.05, 0) is 75.5 Å². The number of carbonyl (C=O) groups is 1. The Balaban J connectivity index is 1.31. The number of methoxy groups -OCH3 is 1. The first-order valence-electron chi connectivity index (χ1n) is 11.4. The standard InChI is InChI=1S/C26H25I2N3O4/c1-33-25-13-19(3-5-24(25)35-11-8-30-6-9-34-10-7-30)31-16-18-15-29-23(14-20(18)26(31)32)17-2-4-21(27)22(28)12-17/h2-5,12-15H,6-11,16H2,1H3. The van der Waals surface area contributed by atoms with E-state index in [2.05, 4.69) is 67.2 Å². The Hall–Kier alpha value is -1.96. The number of anilines is 1. The number of rotatable bonds is 7. The molecular weight excluding hydrogens is 672 g/mol. The molecule has 0 saturated carbocycles. The summed E-state index contributed by atoms with van der Waals surface area (Å²) in [5.41, 5.74) is 4.19. The summed E-state index contributed by atoms with van der Waals surface area (Å²) in [5.74, 6) is 1.25. The molecule has 1 aromatic heterocycles. The average molecular weight is 697 g/mol. The number of fused-ring (bicyclic) bond motifs is 1. The second-order valence-electron chi connectivity index (χ2n) is 8.38. The molecule has 0 unspecified atom stereocenters. The van der Waals surface area contributed by atoms with Crippen LogP contribution in [0.25, 0.3) is 11.3 Å². The van der Waals surface area contributed by atoms with E-state index in [1.807, 2.05) is 36.5 Å². The molecule has 9 heteroatoms. The molecule has 1 amide bonds. The number of halogens is 2. The third-order valence-corrected chi connectivity index (χ3v) is 9.10. The van der Waals surface area contributed by atoms with Crippen molar-refractivity contribution in [3.8, 4) is 22.8 Å².